The van der Waals surface area contributed by atoms with Crippen LogP contribution in [-0.4, -0.2) is 12.6 Å². The maximum absolute atomic E-state index is 11.4. The minimum Gasteiger partial charge on any atom is -0.462 e. The van der Waals surface area contributed by atoms with Gasteiger partial charge in [0.05, 0.1) is 28.8 Å². The Hall–Kier alpha value is -1.18. The Morgan fingerprint density at radius 1 is 1.67 bits per heavy atom. The lowest BCUT2D eigenvalue weighted by molar-refractivity contribution is 0.0522. The molecule has 0 aliphatic carbocycles. The highest BCUT2D eigenvalue weighted by Crippen LogP contribution is 2.25. The predicted octanol–water partition coefficient (Wildman–Crippen LogP) is 2.68. The highest BCUT2D eigenvalue weighted by atomic mass is 35.5. The number of hydrogen-bond acceptors (Lipinski definition) is 4. The molecule has 3 nitrogen and oxygen atoms in total. The van der Waals surface area contributed by atoms with Crippen molar-refractivity contribution < 1.29 is 9.53 Å². The summed E-state index contributed by atoms with van der Waals surface area (Å²) in [6.45, 7) is 1.97. The standard InChI is InChI=1S/C10H8ClNO2S/c1-2-14-10(13)9-7(11)3-6(5-12)4-8(9)15/h3-4,15H,2H2,1H3. The van der Waals surface area contributed by atoms with Crippen molar-refractivity contribution in [1.82, 2.24) is 0 Å². The molecule has 0 heterocycles. The Labute approximate surface area is 98.0 Å². The third-order valence-electron chi connectivity index (χ3n) is 1.68. The van der Waals surface area contributed by atoms with Gasteiger partial charge >= 0.3 is 5.97 Å². The van der Waals surface area contributed by atoms with Gasteiger partial charge in [0.1, 0.15) is 0 Å². The lowest BCUT2D eigenvalue weighted by atomic mass is 10.1. The first-order chi connectivity index (χ1) is 7.10. The summed E-state index contributed by atoms with van der Waals surface area (Å²) in [5, 5.41) is 8.84. The number of esters is 1. The summed E-state index contributed by atoms with van der Waals surface area (Å²) in [5.74, 6) is -0.531. The Balaban J connectivity index is 3.21. The Morgan fingerprint density at radius 3 is 2.80 bits per heavy atom. The molecule has 0 saturated heterocycles. The third kappa shape index (κ3) is 2.65. The molecule has 0 N–H and O–H groups in total. The number of hydrogen-bond donors (Lipinski definition) is 1. The molecule has 0 aromatic heterocycles. The SMILES string of the molecule is CCOC(=O)c1c(S)cc(C#N)cc1Cl. The molecule has 15 heavy (non-hydrogen) atoms. The molecular formula is C10H8ClNO2S. The number of nitrogens with zero attached hydrogens (tertiary/aromatic N) is 1. The third-order valence-corrected chi connectivity index (χ3v) is 2.33. The molecule has 0 unspecified atom stereocenters. The van der Waals surface area contributed by atoms with Crippen LogP contribution in [0.3, 0.4) is 0 Å². The fraction of sp³-hybridized carbons (Fsp3) is 0.200. The van der Waals surface area contributed by atoms with Crippen LogP contribution in [0.1, 0.15) is 22.8 Å². The molecule has 1 aromatic rings. The van der Waals surface area contributed by atoms with Gasteiger partial charge in [0.25, 0.3) is 0 Å². The summed E-state index contributed by atoms with van der Waals surface area (Å²) in [6.07, 6.45) is 0. The average Bonchev–Trinajstić information content (AvgIpc) is 2.16. The number of carbonyl (C=O) groups excluding carboxylic acids is 1. The summed E-state index contributed by atoms with van der Waals surface area (Å²) in [4.78, 5) is 11.8. The molecule has 0 radical (unpaired) electrons. The Morgan fingerprint density at radius 2 is 2.33 bits per heavy atom. The van der Waals surface area contributed by atoms with E-state index in [1.54, 1.807) is 6.92 Å². The molecule has 5 heteroatoms. The molecule has 0 aliphatic heterocycles. The lowest BCUT2D eigenvalue weighted by Crippen LogP contribution is -2.06. The van der Waals surface area contributed by atoms with Crippen molar-refractivity contribution in [2.24, 2.45) is 0 Å². The number of benzene rings is 1. The van der Waals surface area contributed by atoms with Crippen molar-refractivity contribution in [2.75, 3.05) is 6.61 Å². The molecule has 0 amide bonds. The summed E-state index contributed by atoms with van der Waals surface area (Å²) < 4.78 is 4.81. The Bertz CT molecular complexity index is 417. The van der Waals surface area contributed by atoms with Crippen LogP contribution in [0, 0.1) is 11.3 Å². The van der Waals surface area contributed by atoms with Crippen LogP contribution in [0.25, 0.3) is 0 Å². The topological polar surface area (TPSA) is 50.1 Å². The highest BCUT2D eigenvalue weighted by Gasteiger charge is 2.16. The molecule has 0 atom stereocenters. The minimum atomic E-state index is -0.531. The molecule has 0 fully saturated rings. The molecule has 0 spiro atoms. The fourth-order valence-corrected chi connectivity index (χ4v) is 1.78. The first kappa shape index (κ1) is 11.9. The maximum atomic E-state index is 11.4. The van der Waals surface area contributed by atoms with Crippen LogP contribution in [0.2, 0.25) is 5.02 Å². The largest absolute Gasteiger partial charge is 0.462 e. The second kappa shape index (κ2) is 5.06. The van der Waals surface area contributed by atoms with Gasteiger partial charge in [-0.15, -0.1) is 12.6 Å². The van der Waals surface area contributed by atoms with Crippen molar-refractivity contribution in [2.45, 2.75) is 11.8 Å². The first-order valence-corrected chi connectivity index (χ1v) is 5.02. The van der Waals surface area contributed by atoms with Gasteiger partial charge in [0, 0.05) is 4.90 Å². The van der Waals surface area contributed by atoms with Crippen LogP contribution in [-0.2, 0) is 4.74 Å². The molecular weight excluding hydrogens is 234 g/mol. The first-order valence-electron chi connectivity index (χ1n) is 4.19. The van der Waals surface area contributed by atoms with Crippen LogP contribution in [0.5, 0.6) is 0 Å². The summed E-state index contributed by atoms with van der Waals surface area (Å²) >= 11 is 9.93. The molecule has 1 rings (SSSR count). The van der Waals surface area contributed by atoms with Crippen molar-refractivity contribution in [3.63, 3.8) is 0 Å². The fourth-order valence-electron chi connectivity index (χ4n) is 1.06. The number of halogens is 1. The van der Waals surface area contributed by atoms with Gasteiger partial charge in [-0.3, -0.25) is 0 Å². The van der Waals surface area contributed by atoms with Crippen molar-refractivity contribution in [1.29, 1.82) is 5.26 Å². The zero-order valence-electron chi connectivity index (χ0n) is 7.95. The highest BCUT2D eigenvalue weighted by molar-refractivity contribution is 7.80. The average molecular weight is 242 g/mol. The summed E-state index contributed by atoms with van der Waals surface area (Å²) in [6, 6.07) is 4.81. The van der Waals surface area contributed by atoms with E-state index in [1.807, 2.05) is 6.07 Å². The minimum absolute atomic E-state index is 0.178. The number of thiol groups is 1. The van der Waals surface area contributed by atoms with Crippen molar-refractivity contribution in [3.8, 4) is 6.07 Å². The zero-order chi connectivity index (χ0) is 11.4. The van der Waals surface area contributed by atoms with E-state index in [4.69, 9.17) is 21.6 Å². The second-order valence-corrected chi connectivity index (χ2v) is 3.57. The zero-order valence-corrected chi connectivity index (χ0v) is 9.60. The second-order valence-electron chi connectivity index (χ2n) is 2.68. The Kier molecular flexibility index (Phi) is 4.01. The van der Waals surface area contributed by atoms with E-state index in [0.717, 1.165) is 0 Å². The van der Waals surface area contributed by atoms with Crippen molar-refractivity contribution >= 4 is 30.2 Å². The van der Waals surface area contributed by atoms with Crippen LogP contribution in [0.15, 0.2) is 17.0 Å². The quantitative estimate of drug-likeness (QED) is 0.640. The summed E-state index contributed by atoms with van der Waals surface area (Å²) in [7, 11) is 0. The van der Waals surface area contributed by atoms with E-state index in [-0.39, 0.29) is 17.2 Å². The molecule has 0 aliphatic rings. The smallest absolute Gasteiger partial charge is 0.340 e. The van der Waals surface area contributed by atoms with Crippen LogP contribution in [0.4, 0.5) is 0 Å². The molecule has 1 aromatic carbocycles. The van der Waals surface area contributed by atoms with E-state index in [9.17, 15) is 4.79 Å². The van der Waals surface area contributed by atoms with E-state index in [0.29, 0.717) is 10.5 Å². The van der Waals surface area contributed by atoms with E-state index >= 15 is 0 Å². The number of ether oxygens (including phenoxy) is 1. The maximum Gasteiger partial charge on any atom is 0.340 e. The van der Waals surface area contributed by atoms with Crippen molar-refractivity contribution in [3.05, 3.63) is 28.3 Å². The number of rotatable bonds is 2. The van der Waals surface area contributed by atoms with Gasteiger partial charge in [-0.05, 0) is 19.1 Å². The predicted molar refractivity (Wildman–Crippen MR) is 59.4 cm³/mol. The van der Waals surface area contributed by atoms with Gasteiger partial charge in [-0.25, -0.2) is 4.79 Å². The van der Waals surface area contributed by atoms with Gasteiger partial charge < -0.3 is 4.74 Å². The van der Waals surface area contributed by atoms with Gasteiger partial charge in [-0.2, -0.15) is 5.26 Å². The van der Waals surface area contributed by atoms with E-state index < -0.39 is 5.97 Å². The molecule has 0 bridgehead atoms. The van der Waals surface area contributed by atoms with Gasteiger partial charge in [0.2, 0.25) is 0 Å². The van der Waals surface area contributed by atoms with E-state index in [1.165, 1.54) is 12.1 Å². The van der Waals surface area contributed by atoms with E-state index in [2.05, 4.69) is 12.6 Å². The lowest BCUT2D eigenvalue weighted by Gasteiger charge is -2.06. The monoisotopic (exact) mass is 241 g/mol. The van der Waals surface area contributed by atoms with Gasteiger partial charge in [0.15, 0.2) is 0 Å². The molecule has 0 saturated carbocycles. The van der Waals surface area contributed by atoms with Gasteiger partial charge in [-0.1, -0.05) is 11.6 Å². The molecule has 78 valence electrons. The van der Waals surface area contributed by atoms with Crippen LogP contribution < -0.4 is 0 Å². The normalized spacial score (nSPS) is 9.47. The number of nitriles is 1. The summed E-state index contributed by atoms with van der Waals surface area (Å²) in [5.41, 5.74) is 0.555. The number of carbonyl (C=O) groups is 1. The van der Waals surface area contributed by atoms with Crippen LogP contribution >= 0.6 is 24.2 Å².